The van der Waals surface area contributed by atoms with Crippen LogP contribution in [0.3, 0.4) is 0 Å². The number of nitrogens with two attached hydrogens (primary N) is 5. The molecule has 18 N–H and O–H groups in total. The molecule has 23 nitrogen and oxygen atoms in total. The van der Waals surface area contributed by atoms with E-state index in [2.05, 4.69) is 36.9 Å². The van der Waals surface area contributed by atoms with Crippen molar-refractivity contribution in [2.24, 2.45) is 45.5 Å². The number of carbonyl (C=O) groups excluding carboxylic acids is 8. The van der Waals surface area contributed by atoms with Crippen molar-refractivity contribution in [2.45, 2.75) is 141 Å². The van der Waals surface area contributed by atoms with Crippen molar-refractivity contribution in [1.29, 1.82) is 0 Å². The van der Waals surface area contributed by atoms with Crippen molar-refractivity contribution in [3.8, 4) is 0 Å². The highest BCUT2D eigenvalue weighted by Crippen LogP contribution is 2.11. The van der Waals surface area contributed by atoms with E-state index in [0.717, 1.165) is 0 Å². The van der Waals surface area contributed by atoms with Gasteiger partial charge < -0.3 is 70.8 Å². The molecular formula is C35H64N12O11. The van der Waals surface area contributed by atoms with Gasteiger partial charge in [-0.15, -0.1) is 0 Å². The lowest BCUT2D eigenvalue weighted by molar-refractivity contribution is -0.144. The Hall–Kier alpha value is -5.58. The van der Waals surface area contributed by atoms with Crippen LogP contribution in [0.4, 0.5) is 0 Å². The van der Waals surface area contributed by atoms with E-state index in [0.29, 0.717) is 12.8 Å². The zero-order valence-corrected chi connectivity index (χ0v) is 34.0. The molecule has 0 heterocycles. The number of aliphatic hydroxyl groups is 1. The summed E-state index contributed by atoms with van der Waals surface area (Å²) in [5.41, 5.74) is 27.3. The molecule has 0 saturated heterocycles. The van der Waals surface area contributed by atoms with Gasteiger partial charge in [0.25, 0.3) is 0 Å². The van der Waals surface area contributed by atoms with Crippen LogP contribution in [0, 0.1) is 11.8 Å². The average Bonchev–Trinajstić information content (AvgIpc) is 3.12. The van der Waals surface area contributed by atoms with E-state index >= 15 is 0 Å². The molecule has 8 amide bonds. The zero-order chi connectivity index (χ0) is 44.9. The summed E-state index contributed by atoms with van der Waals surface area (Å²) < 4.78 is 0. The maximum absolute atomic E-state index is 13.8. The van der Waals surface area contributed by atoms with E-state index in [4.69, 9.17) is 28.7 Å². The van der Waals surface area contributed by atoms with E-state index in [1.54, 1.807) is 13.8 Å². The summed E-state index contributed by atoms with van der Waals surface area (Å²) in [7, 11) is 0. The third-order valence-corrected chi connectivity index (χ3v) is 8.86. The monoisotopic (exact) mass is 828 g/mol. The fourth-order valence-corrected chi connectivity index (χ4v) is 5.31. The minimum absolute atomic E-state index is 0.0110. The Morgan fingerprint density at radius 3 is 1.47 bits per heavy atom. The third-order valence-electron chi connectivity index (χ3n) is 8.86. The summed E-state index contributed by atoms with van der Waals surface area (Å²) >= 11 is 0. The van der Waals surface area contributed by atoms with Gasteiger partial charge in [-0.1, -0.05) is 34.1 Å². The first-order chi connectivity index (χ1) is 26.9. The normalized spacial score (nSPS) is 15.7. The van der Waals surface area contributed by atoms with Gasteiger partial charge in [-0.2, -0.15) is 0 Å². The second-order valence-corrected chi connectivity index (χ2v) is 14.5. The van der Waals surface area contributed by atoms with Gasteiger partial charge in [0.05, 0.1) is 12.1 Å². The van der Waals surface area contributed by atoms with Crippen molar-refractivity contribution < 1.29 is 53.4 Å². The molecule has 0 aliphatic carbocycles. The van der Waals surface area contributed by atoms with Crippen LogP contribution in [0.5, 0.6) is 0 Å². The molecular weight excluding hydrogens is 764 g/mol. The molecule has 0 aliphatic heterocycles. The molecule has 0 spiro atoms. The lowest BCUT2D eigenvalue weighted by Crippen LogP contribution is -2.61. The van der Waals surface area contributed by atoms with Gasteiger partial charge in [0.15, 0.2) is 5.96 Å². The van der Waals surface area contributed by atoms with Gasteiger partial charge >= 0.3 is 5.97 Å². The number of primary amides is 2. The van der Waals surface area contributed by atoms with Crippen molar-refractivity contribution in [2.75, 3.05) is 6.54 Å². The molecule has 9 atom stereocenters. The highest BCUT2D eigenvalue weighted by atomic mass is 16.4. The number of amides is 8. The Morgan fingerprint density at radius 1 is 0.603 bits per heavy atom. The standard InChI is InChI=1S/C35H64N12O11/c1-7-17(4)26(34(57)58)46-32(55)23(11-13-25(38)50)44-30(53)21(9-8-14-41-35(39)40)43-31(54)22(10-12-24(37)49)45-33(56)27(19(6)48)47-28(51)18(5)42-29(52)20(36)15-16(2)3/h16-23,26-27,48H,7-15,36H2,1-6H3,(H2,37,49)(H2,38,50)(H,42,52)(H,43,54)(H,44,53)(H,45,56)(H,46,55)(H,47,51)(H,57,58)(H4,39,40,41)/t17-,18-,19+,20-,21-,22-,23-,26-,27-/m0/s1. The number of aliphatic imine (C=N–C) groups is 1. The Labute approximate surface area is 337 Å². The highest BCUT2D eigenvalue weighted by molar-refractivity contribution is 5.97. The molecule has 0 unspecified atom stereocenters. The van der Waals surface area contributed by atoms with Gasteiger partial charge in [-0.25, -0.2) is 4.79 Å². The van der Waals surface area contributed by atoms with Crippen molar-refractivity contribution in [1.82, 2.24) is 31.9 Å². The molecule has 0 aromatic carbocycles. The number of carboxylic acid groups (broad SMARTS) is 1. The predicted molar refractivity (Wildman–Crippen MR) is 210 cm³/mol. The number of carboxylic acids is 1. The van der Waals surface area contributed by atoms with Crippen LogP contribution in [-0.4, -0.2) is 124 Å². The van der Waals surface area contributed by atoms with Gasteiger partial charge in [-0.3, -0.25) is 43.3 Å². The number of hydrogen-bond acceptors (Lipinski definition) is 12. The minimum Gasteiger partial charge on any atom is -0.480 e. The summed E-state index contributed by atoms with van der Waals surface area (Å²) in [6.45, 7) is 9.51. The Balaban J connectivity index is 6.44. The van der Waals surface area contributed by atoms with E-state index in [9.17, 15) is 53.4 Å². The van der Waals surface area contributed by atoms with Crippen molar-refractivity contribution in [3.05, 3.63) is 0 Å². The molecule has 0 fully saturated rings. The molecule has 0 aliphatic rings. The second kappa shape index (κ2) is 26.4. The van der Waals surface area contributed by atoms with Gasteiger partial charge in [0.2, 0.25) is 47.3 Å². The van der Waals surface area contributed by atoms with Crippen LogP contribution in [0.15, 0.2) is 4.99 Å². The number of aliphatic hydroxyl groups excluding tert-OH is 1. The quantitative estimate of drug-likeness (QED) is 0.0201. The Bertz CT molecular complexity index is 1470. The van der Waals surface area contributed by atoms with E-state index in [1.807, 2.05) is 13.8 Å². The van der Waals surface area contributed by atoms with Crippen molar-refractivity contribution in [3.63, 3.8) is 0 Å². The number of aliphatic carboxylic acids is 1. The first-order valence-electron chi connectivity index (χ1n) is 19.0. The Kier molecular flexibility index (Phi) is 23.8. The molecule has 330 valence electrons. The third kappa shape index (κ3) is 20.5. The predicted octanol–water partition coefficient (Wildman–Crippen LogP) is -4.62. The number of carbonyl (C=O) groups is 9. The summed E-state index contributed by atoms with van der Waals surface area (Å²) in [6.07, 6.45) is -2.51. The molecule has 0 saturated carbocycles. The summed E-state index contributed by atoms with van der Waals surface area (Å²) in [6, 6.07) is -9.73. The summed E-state index contributed by atoms with van der Waals surface area (Å²) in [4.78, 5) is 119. The van der Waals surface area contributed by atoms with Crippen molar-refractivity contribution >= 4 is 59.2 Å². The average molecular weight is 829 g/mol. The van der Waals surface area contributed by atoms with Gasteiger partial charge in [0, 0.05) is 19.4 Å². The highest BCUT2D eigenvalue weighted by Gasteiger charge is 2.35. The topological polar surface area (TPSA) is 409 Å². The lowest BCUT2D eigenvalue weighted by Gasteiger charge is -2.28. The van der Waals surface area contributed by atoms with Gasteiger partial charge in [-0.05, 0) is 57.8 Å². The van der Waals surface area contributed by atoms with E-state index in [1.165, 1.54) is 13.8 Å². The second-order valence-electron chi connectivity index (χ2n) is 14.5. The molecule has 23 heteroatoms. The fourth-order valence-electron chi connectivity index (χ4n) is 5.31. The molecule has 0 bridgehead atoms. The summed E-state index contributed by atoms with van der Waals surface area (Å²) in [5.74, 6) is -9.26. The molecule has 0 rings (SSSR count). The number of nitrogens with one attached hydrogen (secondary N) is 6. The van der Waals surface area contributed by atoms with Crippen LogP contribution >= 0.6 is 0 Å². The van der Waals surface area contributed by atoms with Crippen LogP contribution < -0.4 is 60.6 Å². The maximum Gasteiger partial charge on any atom is 0.326 e. The molecule has 58 heavy (non-hydrogen) atoms. The minimum atomic E-state index is -1.69. The zero-order valence-electron chi connectivity index (χ0n) is 34.0. The number of rotatable bonds is 28. The van der Waals surface area contributed by atoms with Crippen LogP contribution in [0.1, 0.15) is 92.9 Å². The fraction of sp³-hybridized carbons (Fsp3) is 0.714. The SMILES string of the molecule is CC[C@H](C)[C@H](NC(=O)[C@H](CCC(N)=O)NC(=O)[C@H](CCCN=C(N)N)NC(=O)[C@H](CCC(N)=O)NC(=O)[C@@H](NC(=O)[C@H](C)NC(=O)[C@@H](N)CC(C)C)[C@@H](C)O)C(=O)O. The first kappa shape index (κ1) is 52.4. The number of hydrogen-bond donors (Lipinski definition) is 13. The molecule has 0 aromatic heterocycles. The largest absolute Gasteiger partial charge is 0.480 e. The summed E-state index contributed by atoms with van der Waals surface area (Å²) in [5, 5.41) is 34.4. The Morgan fingerprint density at radius 2 is 1.05 bits per heavy atom. The number of nitrogens with zero attached hydrogens (tertiary/aromatic N) is 1. The van der Waals surface area contributed by atoms with Crippen LogP contribution in [-0.2, 0) is 43.2 Å². The molecule has 0 aromatic rings. The van der Waals surface area contributed by atoms with Crippen LogP contribution in [0.2, 0.25) is 0 Å². The molecule has 0 radical (unpaired) electrons. The van der Waals surface area contributed by atoms with Gasteiger partial charge in [0.1, 0.15) is 36.3 Å². The lowest BCUT2D eigenvalue weighted by atomic mass is 9.98. The van der Waals surface area contributed by atoms with Crippen LogP contribution in [0.25, 0.3) is 0 Å². The number of guanidine groups is 1. The van der Waals surface area contributed by atoms with E-state index < -0.39 is 120 Å². The maximum atomic E-state index is 13.8. The first-order valence-corrected chi connectivity index (χ1v) is 19.0. The van der Waals surface area contributed by atoms with E-state index in [-0.39, 0.29) is 44.1 Å². The smallest absolute Gasteiger partial charge is 0.326 e.